The van der Waals surface area contributed by atoms with E-state index in [1.807, 2.05) is 44.2 Å². The molecule has 2 aromatic heterocycles. The first-order valence-corrected chi connectivity index (χ1v) is 8.70. The average molecular weight is 400 g/mol. The van der Waals surface area contributed by atoms with E-state index in [4.69, 9.17) is 4.74 Å². The third-order valence-electron chi connectivity index (χ3n) is 4.00. The van der Waals surface area contributed by atoms with Gasteiger partial charge in [-0.3, -0.25) is 4.79 Å². The van der Waals surface area contributed by atoms with Crippen LogP contribution in [0.1, 0.15) is 29.9 Å². The maximum atomic E-state index is 12.6. The number of ether oxygens (including phenoxy) is 1. The molecule has 0 radical (unpaired) electrons. The molecule has 3 rings (SSSR count). The van der Waals surface area contributed by atoms with E-state index >= 15 is 0 Å². The summed E-state index contributed by atoms with van der Waals surface area (Å²) in [5.41, 5.74) is 2.59. The summed E-state index contributed by atoms with van der Waals surface area (Å²) in [6.07, 6.45) is 3.14. The SMILES string of the molecule is Cc1cc(OCc2ccncn2)cc(=O)n1[C@H](C)c1ccc(Br)cc1. The number of aromatic nitrogens is 3. The van der Waals surface area contributed by atoms with Gasteiger partial charge < -0.3 is 9.30 Å². The van der Waals surface area contributed by atoms with Crippen LogP contribution in [0.4, 0.5) is 0 Å². The van der Waals surface area contributed by atoms with E-state index in [1.165, 1.54) is 12.4 Å². The third-order valence-corrected chi connectivity index (χ3v) is 4.53. The summed E-state index contributed by atoms with van der Waals surface area (Å²) < 4.78 is 8.48. The van der Waals surface area contributed by atoms with Gasteiger partial charge in [0.05, 0.1) is 11.7 Å². The zero-order valence-electron chi connectivity index (χ0n) is 14.0. The van der Waals surface area contributed by atoms with Crippen molar-refractivity contribution < 1.29 is 4.74 Å². The van der Waals surface area contributed by atoms with E-state index in [1.54, 1.807) is 16.8 Å². The Morgan fingerprint density at radius 1 is 1.20 bits per heavy atom. The fraction of sp³-hybridized carbons (Fsp3) is 0.211. The molecule has 128 valence electrons. The van der Waals surface area contributed by atoms with Gasteiger partial charge in [-0.2, -0.15) is 0 Å². The highest BCUT2D eigenvalue weighted by Gasteiger charge is 2.13. The molecule has 0 N–H and O–H groups in total. The smallest absolute Gasteiger partial charge is 0.254 e. The maximum Gasteiger partial charge on any atom is 0.254 e. The van der Waals surface area contributed by atoms with Gasteiger partial charge in [-0.05, 0) is 43.7 Å². The second kappa shape index (κ2) is 7.61. The molecule has 1 atom stereocenters. The maximum absolute atomic E-state index is 12.6. The summed E-state index contributed by atoms with van der Waals surface area (Å²) in [4.78, 5) is 20.6. The molecule has 0 fully saturated rings. The van der Waals surface area contributed by atoms with Gasteiger partial charge in [0.15, 0.2) is 0 Å². The number of rotatable bonds is 5. The molecule has 0 amide bonds. The highest BCUT2D eigenvalue weighted by molar-refractivity contribution is 9.10. The summed E-state index contributed by atoms with van der Waals surface area (Å²) in [6.45, 7) is 4.22. The molecule has 3 aromatic rings. The van der Waals surface area contributed by atoms with Crippen LogP contribution in [0.15, 0.2) is 64.3 Å². The van der Waals surface area contributed by atoms with Crippen LogP contribution in [0.3, 0.4) is 0 Å². The zero-order valence-corrected chi connectivity index (χ0v) is 15.6. The van der Waals surface area contributed by atoms with E-state index in [2.05, 4.69) is 25.9 Å². The van der Waals surface area contributed by atoms with Gasteiger partial charge in [0.25, 0.3) is 5.56 Å². The quantitative estimate of drug-likeness (QED) is 0.652. The van der Waals surface area contributed by atoms with Crippen LogP contribution in [-0.2, 0) is 6.61 Å². The predicted octanol–water partition coefficient (Wildman–Crippen LogP) is 3.90. The van der Waals surface area contributed by atoms with Crippen molar-refractivity contribution in [2.24, 2.45) is 0 Å². The Morgan fingerprint density at radius 2 is 1.96 bits per heavy atom. The summed E-state index contributed by atoms with van der Waals surface area (Å²) in [5.74, 6) is 0.542. The van der Waals surface area contributed by atoms with Gasteiger partial charge in [-0.25, -0.2) is 9.97 Å². The Morgan fingerprint density at radius 3 is 2.60 bits per heavy atom. The van der Waals surface area contributed by atoms with Crippen molar-refractivity contribution in [3.05, 3.63) is 86.8 Å². The second-order valence-electron chi connectivity index (χ2n) is 5.76. The molecule has 0 unspecified atom stereocenters. The van der Waals surface area contributed by atoms with Crippen molar-refractivity contribution in [3.63, 3.8) is 0 Å². The number of aryl methyl sites for hydroxylation is 1. The minimum atomic E-state index is -0.0897. The number of pyridine rings is 1. The van der Waals surface area contributed by atoms with Crippen LogP contribution in [0.25, 0.3) is 0 Å². The van der Waals surface area contributed by atoms with E-state index in [0.29, 0.717) is 12.4 Å². The fourth-order valence-corrected chi connectivity index (χ4v) is 2.98. The van der Waals surface area contributed by atoms with Gasteiger partial charge in [-0.1, -0.05) is 28.1 Å². The Labute approximate surface area is 154 Å². The fourth-order valence-electron chi connectivity index (χ4n) is 2.71. The lowest BCUT2D eigenvalue weighted by Gasteiger charge is -2.19. The molecule has 0 bridgehead atoms. The molecule has 0 aliphatic rings. The Bertz CT molecular complexity index is 908. The van der Waals surface area contributed by atoms with Crippen LogP contribution in [0.5, 0.6) is 5.75 Å². The molecule has 0 aliphatic heterocycles. The molecule has 0 saturated carbocycles. The number of hydrogen-bond donors (Lipinski definition) is 0. The van der Waals surface area contributed by atoms with Gasteiger partial charge in [0, 0.05) is 22.4 Å². The number of benzene rings is 1. The average Bonchev–Trinajstić information content (AvgIpc) is 2.61. The monoisotopic (exact) mass is 399 g/mol. The topological polar surface area (TPSA) is 57.0 Å². The minimum Gasteiger partial charge on any atom is -0.487 e. The first-order valence-electron chi connectivity index (χ1n) is 7.91. The summed E-state index contributed by atoms with van der Waals surface area (Å²) in [5, 5.41) is 0. The van der Waals surface area contributed by atoms with Gasteiger partial charge in [0.2, 0.25) is 0 Å². The highest BCUT2D eigenvalue weighted by Crippen LogP contribution is 2.22. The lowest BCUT2D eigenvalue weighted by molar-refractivity contribution is 0.299. The number of nitrogens with zero attached hydrogens (tertiary/aromatic N) is 3. The second-order valence-corrected chi connectivity index (χ2v) is 6.67. The lowest BCUT2D eigenvalue weighted by Crippen LogP contribution is -2.25. The molecule has 2 heterocycles. The van der Waals surface area contributed by atoms with E-state index in [0.717, 1.165) is 21.4 Å². The zero-order chi connectivity index (χ0) is 17.8. The Balaban J connectivity index is 1.82. The molecule has 0 aliphatic carbocycles. The Kier molecular flexibility index (Phi) is 5.28. The minimum absolute atomic E-state index is 0.0588. The van der Waals surface area contributed by atoms with Crippen molar-refractivity contribution in [2.45, 2.75) is 26.5 Å². The van der Waals surface area contributed by atoms with Gasteiger partial charge in [-0.15, -0.1) is 0 Å². The van der Waals surface area contributed by atoms with Crippen molar-refractivity contribution in [2.75, 3.05) is 0 Å². The molecule has 5 nitrogen and oxygen atoms in total. The van der Waals surface area contributed by atoms with Crippen molar-refractivity contribution in [3.8, 4) is 5.75 Å². The first kappa shape index (κ1) is 17.4. The molecule has 25 heavy (non-hydrogen) atoms. The summed E-state index contributed by atoms with van der Waals surface area (Å²) >= 11 is 3.43. The van der Waals surface area contributed by atoms with Crippen molar-refractivity contribution >= 4 is 15.9 Å². The largest absolute Gasteiger partial charge is 0.487 e. The van der Waals surface area contributed by atoms with Gasteiger partial charge >= 0.3 is 0 Å². The van der Waals surface area contributed by atoms with Crippen LogP contribution >= 0.6 is 15.9 Å². The lowest BCUT2D eigenvalue weighted by atomic mass is 10.1. The standard InChI is InChI=1S/C19H18BrN3O2/c1-13-9-18(25-11-17-7-8-21-12-22-17)10-19(24)23(13)14(2)15-3-5-16(20)6-4-15/h3-10,12,14H,11H2,1-2H3/t14-/m1/s1. The van der Waals surface area contributed by atoms with Gasteiger partial charge in [0.1, 0.15) is 18.7 Å². The highest BCUT2D eigenvalue weighted by atomic mass is 79.9. The van der Waals surface area contributed by atoms with E-state index < -0.39 is 0 Å². The van der Waals surface area contributed by atoms with Crippen LogP contribution in [0, 0.1) is 6.92 Å². The molecule has 1 aromatic carbocycles. The van der Waals surface area contributed by atoms with E-state index in [9.17, 15) is 4.79 Å². The molecule has 0 spiro atoms. The predicted molar refractivity (Wildman–Crippen MR) is 99.8 cm³/mol. The van der Waals surface area contributed by atoms with E-state index in [-0.39, 0.29) is 11.6 Å². The van der Waals surface area contributed by atoms with Crippen LogP contribution in [0.2, 0.25) is 0 Å². The summed E-state index contributed by atoms with van der Waals surface area (Å²) in [7, 11) is 0. The Hall–Kier alpha value is -2.47. The molecule has 0 saturated heterocycles. The van der Waals surface area contributed by atoms with Crippen molar-refractivity contribution in [1.82, 2.24) is 14.5 Å². The first-order chi connectivity index (χ1) is 12.0. The van der Waals surface area contributed by atoms with Crippen LogP contribution < -0.4 is 10.3 Å². The van der Waals surface area contributed by atoms with Crippen LogP contribution in [-0.4, -0.2) is 14.5 Å². The molecule has 6 heteroatoms. The number of hydrogen-bond acceptors (Lipinski definition) is 4. The normalized spacial score (nSPS) is 12.0. The third kappa shape index (κ3) is 4.14. The van der Waals surface area contributed by atoms with Crippen molar-refractivity contribution in [1.29, 1.82) is 0 Å². The molecular formula is C19H18BrN3O2. The molecular weight excluding hydrogens is 382 g/mol. The number of halogens is 1. The summed E-state index contributed by atoms with van der Waals surface area (Å²) in [6, 6.07) is 13.1.